The van der Waals surface area contributed by atoms with Gasteiger partial charge in [-0.2, -0.15) is 18.3 Å². The molecule has 130 valence electrons. The van der Waals surface area contributed by atoms with Crippen LogP contribution in [0, 0.1) is 0 Å². The van der Waals surface area contributed by atoms with Crippen molar-refractivity contribution in [2.24, 2.45) is 7.05 Å². The number of halogens is 3. The first kappa shape index (κ1) is 17.0. The van der Waals surface area contributed by atoms with E-state index in [1.165, 1.54) is 12.1 Å². The van der Waals surface area contributed by atoms with Crippen LogP contribution < -0.4 is 0 Å². The Morgan fingerprint density at radius 2 is 2.08 bits per heavy atom. The molecule has 4 nitrogen and oxygen atoms in total. The Kier molecular flexibility index (Phi) is 4.64. The zero-order valence-corrected chi connectivity index (χ0v) is 13.4. The van der Waals surface area contributed by atoms with Crippen LogP contribution in [0.3, 0.4) is 0 Å². The molecule has 0 bridgehead atoms. The number of aromatic nitrogens is 2. The monoisotopic (exact) mass is 339 g/mol. The van der Waals surface area contributed by atoms with Crippen molar-refractivity contribution in [2.75, 3.05) is 13.1 Å². The van der Waals surface area contributed by atoms with Gasteiger partial charge >= 0.3 is 6.18 Å². The lowest BCUT2D eigenvalue weighted by atomic mass is 10.0. The normalized spacial score (nSPS) is 22.2. The molecule has 1 aromatic carbocycles. The van der Waals surface area contributed by atoms with E-state index >= 15 is 0 Å². The molecule has 2 atom stereocenters. The van der Waals surface area contributed by atoms with Gasteiger partial charge in [-0.3, -0.25) is 9.58 Å². The Balaban J connectivity index is 1.77. The quantitative estimate of drug-likeness (QED) is 0.931. The first-order valence-corrected chi connectivity index (χ1v) is 7.91. The van der Waals surface area contributed by atoms with Gasteiger partial charge in [-0.25, -0.2) is 0 Å². The highest BCUT2D eigenvalue weighted by Gasteiger charge is 2.35. The molecule has 0 spiro atoms. The molecule has 2 aromatic rings. The zero-order valence-electron chi connectivity index (χ0n) is 13.4. The standard InChI is InChI=1S/C17H20F3N3O/c1-22-14(5-7-21-22)6-8-23-11-15(24)10-16(23)12-3-2-4-13(9-12)17(18,19)20/h2-5,7,9,15-16,24H,6,8,10-11H2,1H3/t15-,16-/m1/s1. The fraction of sp³-hybridized carbons (Fsp3) is 0.471. The van der Waals surface area contributed by atoms with Crippen LogP contribution in [-0.4, -0.2) is 39.0 Å². The van der Waals surface area contributed by atoms with Gasteiger partial charge in [0.1, 0.15) is 0 Å². The molecule has 3 rings (SSSR count). The van der Waals surface area contributed by atoms with Gasteiger partial charge < -0.3 is 5.11 Å². The summed E-state index contributed by atoms with van der Waals surface area (Å²) in [5.74, 6) is 0. The number of aliphatic hydroxyl groups is 1. The molecule has 1 fully saturated rings. The van der Waals surface area contributed by atoms with Crippen molar-refractivity contribution in [1.82, 2.24) is 14.7 Å². The van der Waals surface area contributed by atoms with E-state index in [1.54, 1.807) is 16.9 Å². The lowest BCUT2D eigenvalue weighted by molar-refractivity contribution is -0.137. The van der Waals surface area contributed by atoms with Crippen molar-refractivity contribution < 1.29 is 18.3 Å². The van der Waals surface area contributed by atoms with Gasteiger partial charge in [0.2, 0.25) is 0 Å². The molecule has 0 saturated carbocycles. The number of β-amino-alcohol motifs (C(OH)–C–C–N with tert-alkyl or cyclic N) is 1. The number of alkyl halides is 3. The summed E-state index contributed by atoms with van der Waals surface area (Å²) in [7, 11) is 1.86. The van der Waals surface area contributed by atoms with Gasteiger partial charge in [-0.05, 0) is 30.2 Å². The van der Waals surface area contributed by atoms with Crippen molar-refractivity contribution >= 4 is 0 Å². The molecular weight excluding hydrogens is 319 g/mol. The number of aliphatic hydroxyl groups excluding tert-OH is 1. The van der Waals surface area contributed by atoms with E-state index in [9.17, 15) is 18.3 Å². The highest BCUT2D eigenvalue weighted by molar-refractivity contribution is 5.29. The largest absolute Gasteiger partial charge is 0.416 e. The van der Waals surface area contributed by atoms with Gasteiger partial charge in [-0.15, -0.1) is 0 Å². The second-order valence-corrected chi connectivity index (χ2v) is 6.22. The third-order valence-corrected chi connectivity index (χ3v) is 4.56. The van der Waals surface area contributed by atoms with Crippen molar-refractivity contribution in [3.8, 4) is 0 Å². The summed E-state index contributed by atoms with van der Waals surface area (Å²) in [5.41, 5.74) is 1.01. The molecular formula is C17H20F3N3O. The van der Waals surface area contributed by atoms with Gasteiger partial charge in [0, 0.05) is 44.5 Å². The maximum absolute atomic E-state index is 12.9. The Morgan fingerprint density at radius 3 is 2.75 bits per heavy atom. The minimum Gasteiger partial charge on any atom is -0.392 e. The molecule has 2 heterocycles. The minimum absolute atomic E-state index is 0.199. The van der Waals surface area contributed by atoms with E-state index in [1.807, 2.05) is 18.0 Å². The van der Waals surface area contributed by atoms with Crippen LogP contribution in [0.5, 0.6) is 0 Å². The first-order valence-electron chi connectivity index (χ1n) is 7.91. The first-order chi connectivity index (χ1) is 11.3. The third-order valence-electron chi connectivity index (χ3n) is 4.56. The molecule has 7 heteroatoms. The van der Waals surface area contributed by atoms with Crippen LogP contribution in [0.25, 0.3) is 0 Å². The van der Waals surface area contributed by atoms with Crippen molar-refractivity contribution in [1.29, 1.82) is 0 Å². The lowest BCUT2D eigenvalue weighted by Gasteiger charge is -2.25. The second kappa shape index (κ2) is 6.57. The predicted octanol–water partition coefficient (Wildman–Crippen LogP) is 2.79. The van der Waals surface area contributed by atoms with Crippen LogP contribution in [0.4, 0.5) is 13.2 Å². The molecule has 0 unspecified atom stereocenters. The average Bonchev–Trinajstić information content (AvgIpc) is 3.10. The lowest BCUT2D eigenvalue weighted by Crippen LogP contribution is -2.27. The fourth-order valence-corrected chi connectivity index (χ4v) is 3.30. The SMILES string of the molecule is Cn1nccc1CCN1C[C@H](O)C[C@@H]1c1cccc(C(F)(F)F)c1. The van der Waals surface area contributed by atoms with Crippen molar-refractivity contribution in [2.45, 2.75) is 31.2 Å². The van der Waals surface area contributed by atoms with Crippen LogP contribution in [-0.2, 0) is 19.6 Å². The van der Waals surface area contributed by atoms with E-state index in [0.29, 0.717) is 25.1 Å². The van der Waals surface area contributed by atoms with Gasteiger partial charge in [0.05, 0.1) is 11.7 Å². The molecule has 1 saturated heterocycles. The fourth-order valence-electron chi connectivity index (χ4n) is 3.30. The van der Waals surface area contributed by atoms with Crippen LogP contribution in [0.2, 0.25) is 0 Å². The molecule has 0 aliphatic carbocycles. The number of rotatable bonds is 4. The highest BCUT2D eigenvalue weighted by Crippen LogP contribution is 2.36. The summed E-state index contributed by atoms with van der Waals surface area (Å²) >= 11 is 0. The van der Waals surface area contributed by atoms with E-state index in [4.69, 9.17) is 0 Å². The smallest absolute Gasteiger partial charge is 0.392 e. The molecule has 1 aliphatic rings. The van der Waals surface area contributed by atoms with E-state index in [2.05, 4.69) is 5.10 Å². The minimum atomic E-state index is -4.35. The maximum Gasteiger partial charge on any atom is 0.416 e. The van der Waals surface area contributed by atoms with Gasteiger partial charge in [0.15, 0.2) is 0 Å². The van der Waals surface area contributed by atoms with Crippen LogP contribution in [0.15, 0.2) is 36.5 Å². The summed E-state index contributed by atoms with van der Waals surface area (Å²) in [6.45, 7) is 1.14. The second-order valence-electron chi connectivity index (χ2n) is 6.22. The Hall–Kier alpha value is -1.86. The highest BCUT2D eigenvalue weighted by atomic mass is 19.4. The maximum atomic E-state index is 12.9. The molecule has 0 radical (unpaired) electrons. The summed E-state index contributed by atoms with van der Waals surface area (Å²) in [4.78, 5) is 2.05. The van der Waals surface area contributed by atoms with Crippen molar-refractivity contribution in [3.63, 3.8) is 0 Å². The molecule has 1 aromatic heterocycles. The predicted molar refractivity (Wildman–Crippen MR) is 83.3 cm³/mol. The van der Waals surface area contributed by atoms with E-state index in [-0.39, 0.29) is 6.04 Å². The van der Waals surface area contributed by atoms with Crippen LogP contribution in [0.1, 0.15) is 29.3 Å². The molecule has 1 aliphatic heterocycles. The molecule has 0 amide bonds. The summed E-state index contributed by atoms with van der Waals surface area (Å²) in [6, 6.07) is 7.13. The van der Waals surface area contributed by atoms with Crippen molar-refractivity contribution in [3.05, 3.63) is 53.3 Å². The van der Waals surface area contributed by atoms with Crippen LogP contribution >= 0.6 is 0 Å². The number of aryl methyl sites for hydroxylation is 1. The summed E-state index contributed by atoms with van der Waals surface area (Å²) in [5, 5.41) is 14.1. The number of hydrogen-bond donors (Lipinski definition) is 1. The Labute approximate surface area is 138 Å². The number of hydrogen-bond acceptors (Lipinski definition) is 3. The molecule has 1 N–H and O–H groups in total. The third kappa shape index (κ3) is 3.62. The van der Waals surface area contributed by atoms with Gasteiger partial charge in [0.25, 0.3) is 0 Å². The number of benzene rings is 1. The topological polar surface area (TPSA) is 41.3 Å². The Bertz CT molecular complexity index is 698. The van der Waals surface area contributed by atoms with E-state index < -0.39 is 17.8 Å². The summed E-state index contributed by atoms with van der Waals surface area (Å²) in [6.07, 6.45) is -1.97. The number of nitrogens with zero attached hydrogens (tertiary/aromatic N) is 3. The van der Waals surface area contributed by atoms with E-state index in [0.717, 1.165) is 18.2 Å². The number of likely N-dealkylation sites (tertiary alicyclic amines) is 1. The Morgan fingerprint density at radius 1 is 1.29 bits per heavy atom. The average molecular weight is 339 g/mol. The molecule has 24 heavy (non-hydrogen) atoms. The summed E-state index contributed by atoms with van der Waals surface area (Å²) < 4.78 is 40.6. The zero-order chi connectivity index (χ0) is 17.3. The van der Waals surface area contributed by atoms with Gasteiger partial charge in [-0.1, -0.05) is 12.1 Å².